The largest absolute Gasteiger partial charge is 0.449 e. The number of imide groups is 2. The summed E-state index contributed by atoms with van der Waals surface area (Å²) in [6, 6.07) is 17.4. The van der Waals surface area contributed by atoms with Gasteiger partial charge < -0.3 is 4.42 Å². The predicted molar refractivity (Wildman–Crippen MR) is 117 cm³/mol. The van der Waals surface area contributed by atoms with Crippen molar-refractivity contribution in [2.45, 2.75) is 16.9 Å². The Labute approximate surface area is 185 Å². The van der Waals surface area contributed by atoms with E-state index >= 15 is 0 Å². The normalized spacial score (nSPS) is 15.6. The summed E-state index contributed by atoms with van der Waals surface area (Å²) in [5.74, 6) is -1.16. The van der Waals surface area contributed by atoms with E-state index in [1.54, 1.807) is 30.3 Å². The molecule has 8 heteroatoms. The van der Waals surface area contributed by atoms with Crippen LogP contribution in [0.4, 0.5) is 10.5 Å². The van der Waals surface area contributed by atoms with E-state index in [1.807, 2.05) is 37.3 Å². The van der Waals surface area contributed by atoms with E-state index in [9.17, 15) is 14.4 Å². The smallest absolute Gasteiger partial charge is 0.335 e. The van der Waals surface area contributed by atoms with Crippen LogP contribution in [0, 0.1) is 6.92 Å². The highest BCUT2D eigenvalue weighted by Crippen LogP contribution is 2.36. The maximum absolute atomic E-state index is 12.9. The van der Waals surface area contributed by atoms with Crippen LogP contribution in [-0.4, -0.2) is 17.8 Å². The molecule has 1 aliphatic heterocycles. The van der Waals surface area contributed by atoms with Gasteiger partial charge in [0.15, 0.2) is 5.09 Å². The fourth-order valence-corrected chi connectivity index (χ4v) is 4.18. The van der Waals surface area contributed by atoms with Gasteiger partial charge in [0.2, 0.25) is 0 Å². The van der Waals surface area contributed by atoms with Crippen LogP contribution in [0.1, 0.15) is 11.3 Å². The van der Waals surface area contributed by atoms with E-state index in [0.29, 0.717) is 21.0 Å². The Bertz CT molecular complexity index is 1170. The molecule has 1 N–H and O–H groups in total. The first-order chi connectivity index (χ1) is 14.4. The highest BCUT2D eigenvalue weighted by Gasteiger charge is 2.37. The topological polar surface area (TPSA) is 79.6 Å². The van der Waals surface area contributed by atoms with Crippen LogP contribution in [-0.2, 0) is 9.59 Å². The maximum Gasteiger partial charge on any atom is 0.335 e. The lowest BCUT2D eigenvalue weighted by Crippen LogP contribution is -2.54. The molecular formula is C22H15BrN2O4S. The van der Waals surface area contributed by atoms with E-state index in [4.69, 9.17) is 4.42 Å². The number of benzene rings is 2. The number of barbiturate groups is 1. The van der Waals surface area contributed by atoms with Crippen LogP contribution >= 0.6 is 27.7 Å². The van der Waals surface area contributed by atoms with Gasteiger partial charge in [-0.15, -0.1) is 0 Å². The molecule has 0 radical (unpaired) electrons. The second-order valence-corrected chi connectivity index (χ2v) is 8.39. The second kappa shape index (κ2) is 8.33. The Morgan fingerprint density at radius 1 is 1.03 bits per heavy atom. The molecule has 2 aromatic carbocycles. The molecule has 2 heterocycles. The number of furan rings is 1. The van der Waals surface area contributed by atoms with Crippen LogP contribution in [0.15, 0.2) is 85.1 Å². The fraction of sp³-hybridized carbons (Fsp3) is 0.0455. The number of urea groups is 1. The molecule has 1 aromatic heterocycles. The second-order valence-electron chi connectivity index (χ2n) is 6.49. The van der Waals surface area contributed by atoms with Gasteiger partial charge in [-0.1, -0.05) is 47.7 Å². The average molecular weight is 483 g/mol. The van der Waals surface area contributed by atoms with Crippen LogP contribution in [0.3, 0.4) is 0 Å². The minimum Gasteiger partial charge on any atom is -0.449 e. The van der Waals surface area contributed by atoms with Gasteiger partial charge in [-0.3, -0.25) is 14.9 Å². The zero-order valence-electron chi connectivity index (χ0n) is 15.7. The summed E-state index contributed by atoms with van der Waals surface area (Å²) in [5, 5.41) is 2.79. The van der Waals surface area contributed by atoms with Crippen molar-refractivity contribution in [2.24, 2.45) is 0 Å². The van der Waals surface area contributed by atoms with E-state index in [-0.39, 0.29) is 5.57 Å². The highest BCUT2D eigenvalue weighted by molar-refractivity contribution is 9.10. The van der Waals surface area contributed by atoms with Gasteiger partial charge in [0, 0.05) is 4.90 Å². The molecule has 30 heavy (non-hydrogen) atoms. The molecule has 0 unspecified atom stereocenters. The van der Waals surface area contributed by atoms with Crippen molar-refractivity contribution < 1.29 is 18.8 Å². The van der Waals surface area contributed by atoms with Gasteiger partial charge >= 0.3 is 6.03 Å². The van der Waals surface area contributed by atoms with Gasteiger partial charge in [0.25, 0.3) is 11.8 Å². The first-order valence-corrected chi connectivity index (χ1v) is 10.5. The fourth-order valence-electron chi connectivity index (χ4n) is 2.83. The van der Waals surface area contributed by atoms with Crippen molar-refractivity contribution in [3.05, 3.63) is 82.0 Å². The van der Waals surface area contributed by atoms with Gasteiger partial charge in [-0.25, -0.2) is 9.69 Å². The van der Waals surface area contributed by atoms with Crippen LogP contribution in [0.2, 0.25) is 0 Å². The third-order valence-corrected chi connectivity index (χ3v) is 6.16. The molecule has 0 aliphatic carbocycles. The Hall–Kier alpha value is -3.10. The molecule has 1 saturated heterocycles. The number of nitrogens with zero attached hydrogens (tertiary/aromatic N) is 1. The molecule has 0 spiro atoms. The van der Waals surface area contributed by atoms with Gasteiger partial charge in [-0.05, 0) is 59.3 Å². The molecule has 0 saturated carbocycles. The quantitative estimate of drug-likeness (QED) is 0.409. The lowest BCUT2D eigenvalue weighted by molar-refractivity contribution is -0.122. The number of hydrogen-bond acceptors (Lipinski definition) is 5. The zero-order valence-corrected chi connectivity index (χ0v) is 18.1. The monoisotopic (exact) mass is 482 g/mol. The van der Waals surface area contributed by atoms with Crippen molar-refractivity contribution in [1.82, 2.24) is 5.32 Å². The minimum atomic E-state index is -0.785. The molecule has 6 nitrogen and oxygen atoms in total. The lowest BCUT2D eigenvalue weighted by atomic mass is 10.1. The van der Waals surface area contributed by atoms with Crippen molar-refractivity contribution in [3.63, 3.8) is 0 Å². The number of amides is 4. The molecule has 1 fully saturated rings. The maximum atomic E-state index is 12.9. The highest BCUT2D eigenvalue weighted by atomic mass is 79.9. The number of nitrogens with one attached hydrogen (secondary N) is 1. The summed E-state index contributed by atoms with van der Waals surface area (Å²) in [7, 11) is 0. The number of carbonyl (C=O) groups is 3. The molecule has 0 bridgehead atoms. The molecule has 0 atom stereocenters. The molecule has 4 rings (SSSR count). The number of halogens is 1. The third-order valence-electron chi connectivity index (χ3n) is 4.31. The van der Waals surface area contributed by atoms with Gasteiger partial charge in [0.1, 0.15) is 11.3 Å². The Morgan fingerprint density at radius 2 is 1.73 bits per heavy atom. The van der Waals surface area contributed by atoms with E-state index in [1.165, 1.54) is 17.8 Å². The number of carbonyl (C=O) groups excluding carboxylic acids is 3. The SMILES string of the molecule is Cc1ccc(N2C(=O)NC(=O)/C(=C\c3cc(Br)c(Sc4ccccc4)o3)C2=O)cc1. The van der Waals surface area contributed by atoms with Crippen LogP contribution in [0.5, 0.6) is 0 Å². The summed E-state index contributed by atoms with van der Waals surface area (Å²) in [6.45, 7) is 1.90. The van der Waals surface area contributed by atoms with E-state index < -0.39 is 17.8 Å². The minimum absolute atomic E-state index is 0.187. The molecule has 1 aliphatic rings. The molecule has 3 aromatic rings. The summed E-state index contributed by atoms with van der Waals surface area (Å²) in [5.41, 5.74) is 1.18. The summed E-state index contributed by atoms with van der Waals surface area (Å²) in [6.07, 6.45) is 1.34. The zero-order chi connectivity index (χ0) is 21.3. The number of rotatable bonds is 4. The first kappa shape index (κ1) is 20.2. The lowest BCUT2D eigenvalue weighted by Gasteiger charge is -2.26. The average Bonchev–Trinajstić information content (AvgIpc) is 3.06. The summed E-state index contributed by atoms with van der Waals surface area (Å²) in [4.78, 5) is 39.5. The van der Waals surface area contributed by atoms with Crippen LogP contribution in [0.25, 0.3) is 6.08 Å². The summed E-state index contributed by atoms with van der Waals surface area (Å²) < 4.78 is 6.50. The summed E-state index contributed by atoms with van der Waals surface area (Å²) >= 11 is 4.85. The Kier molecular flexibility index (Phi) is 5.61. The standard InChI is InChI=1S/C22H15BrN2O4S/c1-13-7-9-14(10-8-13)25-20(27)17(19(26)24-22(25)28)11-15-12-18(23)21(29-15)30-16-5-3-2-4-6-16/h2-12H,1H3,(H,24,26,28)/b17-11+. The van der Waals surface area contributed by atoms with Crippen molar-refractivity contribution >= 4 is 57.3 Å². The number of hydrogen-bond donors (Lipinski definition) is 1. The third kappa shape index (κ3) is 4.10. The van der Waals surface area contributed by atoms with Crippen molar-refractivity contribution in [3.8, 4) is 0 Å². The number of aryl methyl sites for hydroxylation is 1. The Balaban J connectivity index is 1.64. The van der Waals surface area contributed by atoms with Crippen molar-refractivity contribution in [2.75, 3.05) is 4.90 Å². The van der Waals surface area contributed by atoms with Crippen molar-refractivity contribution in [1.29, 1.82) is 0 Å². The Morgan fingerprint density at radius 3 is 2.43 bits per heavy atom. The molecule has 4 amide bonds. The molecular weight excluding hydrogens is 468 g/mol. The van der Waals surface area contributed by atoms with E-state index in [0.717, 1.165) is 15.4 Å². The first-order valence-electron chi connectivity index (χ1n) is 8.93. The van der Waals surface area contributed by atoms with Gasteiger partial charge in [-0.2, -0.15) is 0 Å². The molecule has 150 valence electrons. The van der Waals surface area contributed by atoms with Crippen LogP contribution < -0.4 is 10.2 Å². The van der Waals surface area contributed by atoms with E-state index in [2.05, 4.69) is 21.2 Å². The number of anilines is 1. The predicted octanol–water partition coefficient (Wildman–Crippen LogP) is 5.17. The van der Waals surface area contributed by atoms with Gasteiger partial charge in [0.05, 0.1) is 10.2 Å².